The lowest BCUT2D eigenvalue weighted by Crippen LogP contribution is -2.33. The van der Waals surface area contributed by atoms with Gasteiger partial charge in [0.2, 0.25) is 6.79 Å². The number of hydrogen-bond acceptors (Lipinski definition) is 5. The summed E-state index contributed by atoms with van der Waals surface area (Å²) in [5.74, 6) is 1.06. The van der Waals surface area contributed by atoms with E-state index in [-0.39, 0.29) is 49.0 Å². The maximum atomic E-state index is 12.6. The second-order valence-corrected chi connectivity index (χ2v) is 6.18. The van der Waals surface area contributed by atoms with E-state index < -0.39 is 6.61 Å². The highest BCUT2D eigenvalue weighted by molar-refractivity contribution is 14.0. The molecule has 0 saturated heterocycles. The quantitative estimate of drug-likeness (QED) is 0.349. The van der Waals surface area contributed by atoms with Crippen LogP contribution in [0.15, 0.2) is 34.6 Å². The Morgan fingerprint density at radius 1 is 1.35 bits per heavy atom. The Bertz CT molecular complexity index is 745. The predicted molar refractivity (Wildman–Crippen MR) is 106 cm³/mol. The van der Waals surface area contributed by atoms with Crippen molar-refractivity contribution in [1.29, 1.82) is 0 Å². The van der Waals surface area contributed by atoms with Gasteiger partial charge in [0.15, 0.2) is 17.5 Å². The van der Waals surface area contributed by atoms with E-state index in [1.807, 2.05) is 17.5 Å². The van der Waals surface area contributed by atoms with Gasteiger partial charge in [-0.1, -0.05) is 6.07 Å². The molecule has 0 spiro atoms. The standard InChI is InChI=1S/C16H17F2N3O3S.HI/c17-15(18)24-12-7-14-13(22-9-23-14)6-10(12)8-21-16(19)20-4-3-11-2-1-5-25-11;/h1-2,5-7,15H,3-4,8-9H2,(H3,19,20,21);1H. The maximum Gasteiger partial charge on any atom is 0.387 e. The average Bonchev–Trinajstić information content (AvgIpc) is 3.23. The molecule has 1 aliphatic heterocycles. The van der Waals surface area contributed by atoms with Crippen molar-refractivity contribution in [3.63, 3.8) is 0 Å². The molecule has 1 aromatic heterocycles. The van der Waals surface area contributed by atoms with Crippen LogP contribution in [0.2, 0.25) is 0 Å². The fourth-order valence-electron chi connectivity index (χ4n) is 2.29. The summed E-state index contributed by atoms with van der Waals surface area (Å²) in [6.07, 6.45) is 0.831. The average molecular weight is 497 g/mol. The van der Waals surface area contributed by atoms with E-state index in [2.05, 4.69) is 15.0 Å². The van der Waals surface area contributed by atoms with Gasteiger partial charge in [-0.2, -0.15) is 8.78 Å². The molecular formula is C16H18F2IN3O3S. The normalized spacial score (nSPS) is 12.8. The van der Waals surface area contributed by atoms with Gasteiger partial charge in [0.05, 0.1) is 6.54 Å². The van der Waals surface area contributed by atoms with Crippen LogP contribution in [0.1, 0.15) is 10.4 Å². The van der Waals surface area contributed by atoms with Gasteiger partial charge in [0.25, 0.3) is 0 Å². The van der Waals surface area contributed by atoms with Crippen LogP contribution >= 0.6 is 35.3 Å². The monoisotopic (exact) mass is 497 g/mol. The van der Waals surface area contributed by atoms with Gasteiger partial charge in [-0.3, -0.25) is 0 Å². The number of halogens is 3. The number of nitrogens with one attached hydrogen (secondary N) is 1. The minimum absolute atomic E-state index is 0. The minimum atomic E-state index is -2.94. The van der Waals surface area contributed by atoms with Crippen molar-refractivity contribution in [3.8, 4) is 17.2 Å². The SMILES string of the molecule is I.NC(=NCc1cc2c(cc1OC(F)F)OCO2)NCCc1cccs1. The van der Waals surface area contributed by atoms with Crippen LogP contribution in [0.5, 0.6) is 17.2 Å². The fourth-order valence-corrected chi connectivity index (χ4v) is 3.00. The van der Waals surface area contributed by atoms with E-state index >= 15 is 0 Å². The van der Waals surface area contributed by atoms with E-state index in [1.165, 1.54) is 10.9 Å². The van der Waals surface area contributed by atoms with Gasteiger partial charge in [0, 0.05) is 23.1 Å². The molecule has 3 rings (SSSR count). The third kappa shape index (κ3) is 5.59. The minimum Gasteiger partial charge on any atom is -0.454 e. The highest BCUT2D eigenvalue weighted by atomic mass is 127. The molecule has 2 aromatic rings. The molecule has 0 radical (unpaired) electrons. The van der Waals surface area contributed by atoms with Crippen molar-refractivity contribution in [2.75, 3.05) is 13.3 Å². The van der Waals surface area contributed by atoms with Gasteiger partial charge >= 0.3 is 6.61 Å². The van der Waals surface area contributed by atoms with Crippen molar-refractivity contribution in [3.05, 3.63) is 40.1 Å². The summed E-state index contributed by atoms with van der Waals surface area (Å²) >= 11 is 1.67. The first kappa shape index (κ1) is 20.5. The molecule has 0 amide bonds. The van der Waals surface area contributed by atoms with Crippen LogP contribution in [0, 0.1) is 0 Å². The molecule has 2 heterocycles. The van der Waals surface area contributed by atoms with Crippen molar-refractivity contribution in [1.82, 2.24) is 5.32 Å². The first-order valence-corrected chi connectivity index (χ1v) is 8.43. The number of alkyl halides is 2. The van der Waals surface area contributed by atoms with Crippen molar-refractivity contribution in [2.45, 2.75) is 19.6 Å². The number of benzene rings is 1. The molecule has 3 N–H and O–H groups in total. The highest BCUT2D eigenvalue weighted by Crippen LogP contribution is 2.38. The Kier molecular flexibility index (Phi) is 7.69. The number of nitrogens with two attached hydrogens (primary N) is 1. The molecule has 142 valence electrons. The third-order valence-corrected chi connectivity index (χ3v) is 4.39. The Morgan fingerprint density at radius 2 is 2.12 bits per heavy atom. The molecule has 0 bridgehead atoms. The summed E-state index contributed by atoms with van der Waals surface area (Å²) in [7, 11) is 0. The van der Waals surface area contributed by atoms with E-state index in [1.54, 1.807) is 17.4 Å². The number of guanidine groups is 1. The summed E-state index contributed by atoms with van der Waals surface area (Å²) in [4.78, 5) is 5.41. The first-order chi connectivity index (χ1) is 12.1. The van der Waals surface area contributed by atoms with Crippen LogP contribution in [0.25, 0.3) is 0 Å². The Balaban J connectivity index is 0.00000243. The Hall–Kier alpha value is -1.82. The van der Waals surface area contributed by atoms with Gasteiger partial charge < -0.3 is 25.3 Å². The zero-order valence-corrected chi connectivity index (χ0v) is 16.8. The Morgan fingerprint density at radius 3 is 2.81 bits per heavy atom. The summed E-state index contributed by atoms with van der Waals surface area (Å²) in [5, 5.41) is 5.00. The number of fused-ring (bicyclic) bond motifs is 1. The topological polar surface area (TPSA) is 78.1 Å². The number of thiophene rings is 1. The Labute approximate surface area is 170 Å². The molecule has 0 aliphatic carbocycles. The van der Waals surface area contributed by atoms with Crippen LogP contribution in [-0.4, -0.2) is 25.9 Å². The molecule has 0 saturated carbocycles. The van der Waals surface area contributed by atoms with E-state index in [0.717, 1.165) is 6.42 Å². The highest BCUT2D eigenvalue weighted by Gasteiger charge is 2.19. The molecule has 26 heavy (non-hydrogen) atoms. The lowest BCUT2D eigenvalue weighted by molar-refractivity contribution is -0.0505. The van der Waals surface area contributed by atoms with E-state index in [0.29, 0.717) is 23.6 Å². The van der Waals surface area contributed by atoms with Gasteiger partial charge in [-0.25, -0.2) is 4.99 Å². The summed E-state index contributed by atoms with van der Waals surface area (Å²) in [5.41, 5.74) is 6.26. The second-order valence-electron chi connectivity index (χ2n) is 5.15. The molecule has 0 atom stereocenters. The van der Waals surface area contributed by atoms with Crippen molar-refractivity contribution in [2.24, 2.45) is 10.7 Å². The van der Waals surface area contributed by atoms with Crippen LogP contribution < -0.4 is 25.3 Å². The van der Waals surface area contributed by atoms with Crippen LogP contribution in [0.4, 0.5) is 8.78 Å². The number of ether oxygens (including phenoxy) is 3. The molecule has 0 unspecified atom stereocenters. The molecule has 1 aromatic carbocycles. The first-order valence-electron chi connectivity index (χ1n) is 7.55. The fraction of sp³-hybridized carbons (Fsp3) is 0.312. The molecule has 10 heteroatoms. The van der Waals surface area contributed by atoms with E-state index in [9.17, 15) is 8.78 Å². The van der Waals surface area contributed by atoms with Gasteiger partial charge in [-0.15, -0.1) is 35.3 Å². The molecular weight excluding hydrogens is 479 g/mol. The zero-order valence-electron chi connectivity index (χ0n) is 13.6. The molecule has 6 nitrogen and oxygen atoms in total. The zero-order chi connectivity index (χ0) is 17.6. The van der Waals surface area contributed by atoms with Gasteiger partial charge in [0.1, 0.15) is 5.75 Å². The van der Waals surface area contributed by atoms with Crippen LogP contribution in [-0.2, 0) is 13.0 Å². The molecule has 1 aliphatic rings. The lowest BCUT2D eigenvalue weighted by Gasteiger charge is -2.11. The van der Waals surface area contributed by atoms with Crippen molar-refractivity contribution < 1.29 is 23.0 Å². The number of aliphatic imine (C=N–C) groups is 1. The largest absolute Gasteiger partial charge is 0.454 e. The number of rotatable bonds is 7. The second kappa shape index (κ2) is 9.76. The lowest BCUT2D eigenvalue weighted by atomic mass is 10.1. The van der Waals surface area contributed by atoms with Crippen LogP contribution in [0.3, 0.4) is 0 Å². The van der Waals surface area contributed by atoms with E-state index in [4.69, 9.17) is 15.2 Å². The van der Waals surface area contributed by atoms with Gasteiger partial charge in [-0.05, 0) is 23.9 Å². The summed E-state index contributed by atoms with van der Waals surface area (Å²) in [6.45, 7) is -2.18. The number of nitrogens with zero attached hydrogens (tertiary/aromatic N) is 1. The number of hydrogen-bond donors (Lipinski definition) is 2. The smallest absolute Gasteiger partial charge is 0.387 e. The third-order valence-electron chi connectivity index (χ3n) is 3.45. The summed E-state index contributed by atoms with van der Waals surface area (Å²) < 4.78 is 40.1. The summed E-state index contributed by atoms with van der Waals surface area (Å²) in [6, 6.07) is 6.98. The predicted octanol–water partition coefficient (Wildman–Crippen LogP) is 3.34. The molecule has 0 fully saturated rings. The maximum absolute atomic E-state index is 12.6. The van der Waals surface area contributed by atoms with Crippen molar-refractivity contribution >= 4 is 41.3 Å².